The van der Waals surface area contributed by atoms with Crippen LogP contribution < -0.4 is 10.6 Å². The molecule has 0 spiro atoms. The molecule has 1 aliphatic carbocycles. The Bertz CT molecular complexity index is 821. The maximum atomic E-state index is 12.3. The van der Waals surface area contributed by atoms with Crippen molar-refractivity contribution in [2.24, 2.45) is 0 Å². The van der Waals surface area contributed by atoms with Gasteiger partial charge in [0.25, 0.3) is 5.91 Å². The van der Waals surface area contributed by atoms with Crippen LogP contribution in [-0.2, 0) is 0 Å². The van der Waals surface area contributed by atoms with Crippen LogP contribution in [0.4, 0.5) is 0 Å². The number of benzene rings is 2. The molecule has 5 heteroatoms. The SMILES string of the molecule is Cc1ccc(C(=O)NC2CCC(Pc3ccc(C#N)c(Cl)c3)CC2)cc1. The van der Waals surface area contributed by atoms with E-state index >= 15 is 0 Å². The molecule has 1 amide bonds. The monoisotopic (exact) mass is 384 g/mol. The second-order valence-electron chi connectivity index (χ2n) is 6.84. The first kappa shape index (κ1) is 18.9. The summed E-state index contributed by atoms with van der Waals surface area (Å²) >= 11 is 6.13. The molecule has 3 nitrogen and oxygen atoms in total. The molecule has 0 bridgehead atoms. The Hall–Kier alpha value is -1.88. The lowest BCUT2D eigenvalue weighted by Gasteiger charge is -2.29. The Morgan fingerprint density at radius 2 is 1.85 bits per heavy atom. The van der Waals surface area contributed by atoms with Gasteiger partial charge in [-0.3, -0.25) is 4.79 Å². The molecule has 134 valence electrons. The predicted octanol–water partition coefficient (Wildman–Crippen LogP) is 4.57. The molecule has 0 aliphatic heterocycles. The summed E-state index contributed by atoms with van der Waals surface area (Å²) in [4.78, 5) is 12.3. The van der Waals surface area contributed by atoms with Crippen molar-refractivity contribution < 1.29 is 4.79 Å². The minimum Gasteiger partial charge on any atom is -0.349 e. The first-order chi connectivity index (χ1) is 12.5. The minimum absolute atomic E-state index is 0.0229. The van der Waals surface area contributed by atoms with E-state index in [0.717, 1.165) is 36.8 Å². The van der Waals surface area contributed by atoms with E-state index in [-0.39, 0.29) is 11.9 Å². The lowest BCUT2D eigenvalue weighted by Crippen LogP contribution is -2.38. The smallest absolute Gasteiger partial charge is 0.251 e. The van der Waals surface area contributed by atoms with Gasteiger partial charge in [-0.25, -0.2) is 0 Å². The fourth-order valence-corrected chi connectivity index (χ4v) is 5.10. The zero-order chi connectivity index (χ0) is 18.5. The number of amides is 1. The number of hydrogen-bond acceptors (Lipinski definition) is 2. The molecule has 0 saturated heterocycles. The van der Waals surface area contributed by atoms with E-state index in [1.165, 1.54) is 5.30 Å². The molecule has 0 radical (unpaired) electrons. The maximum Gasteiger partial charge on any atom is 0.251 e. The molecule has 2 aromatic carbocycles. The van der Waals surface area contributed by atoms with Crippen LogP contribution in [-0.4, -0.2) is 17.6 Å². The van der Waals surface area contributed by atoms with Gasteiger partial charge in [0.1, 0.15) is 6.07 Å². The number of carbonyl (C=O) groups excluding carboxylic acids is 1. The Morgan fingerprint density at radius 1 is 1.15 bits per heavy atom. The van der Waals surface area contributed by atoms with E-state index in [2.05, 4.69) is 11.4 Å². The van der Waals surface area contributed by atoms with Crippen LogP contribution >= 0.6 is 20.2 Å². The summed E-state index contributed by atoms with van der Waals surface area (Å²) in [6.45, 7) is 2.02. The van der Waals surface area contributed by atoms with Gasteiger partial charge in [-0.05, 0) is 67.8 Å². The van der Waals surface area contributed by atoms with E-state index < -0.39 is 0 Å². The summed E-state index contributed by atoms with van der Waals surface area (Å²) in [5.41, 5.74) is 3.05. The molecular weight excluding hydrogens is 363 g/mol. The summed E-state index contributed by atoms with van der Waals surface area (Å²) in [7, 11) is 0.698. The van der Waals surface area contributed by atoms with E-state index in [0.29, 0.717) is 24.8 Å². The average Bonchev–Trinajstić information content (AvgIpc) is 2.64. The van der Waals surface area contributed by atoms with Crippen LogP contribution in [0.25, 0.3) is 0 Å². The van der Waals surface area contributed by atoms with Crippen molar-refractivity contribution in [2.75, 3.05) is 0 Å². The molecular formula is C21H22ClN2OP. The van der Waals surface area contributed by atoms with Crippen LogP contribution in [0.3, 0.4) is 0 Å². The van der Waals surface area contributed by atoms with E-state index in [4.69, 9.17) is 16.9 Å². The summed E-state index contributed by atoms with van der Waals surface area (Å²) in [6.07, 6.45) is 4.24. The van der Waals surface area contributed by atoms with Crippen molar-refractivity contribution in [3.8, 4) is 6.07 Å². The number of aryl methyl sites for hydroxylation is 1. The molecule has 1 saturated carbocycles. The Labute approximate surface area is 161 Å². The molecule has 3 rings (SSSR count). The first-order valence-corrected chi connectivity index (χ1v) is 10.3. The number of nitriles is 1. The highest BCUT2D eigenvalue weighted by atomic mass is 35.5. The highest BCUT2D eigenvalue weighted by Gasteiger charge is 2.23. The van der Waals surface area contributed by atoms with Crippen molar-refractivity contribution in [3.05, 3.63) is 64.2 Å². The Kier molecular flexibility index (Phi) is 6.30. The third-order valence-corrected chi connectivity index (χ3v) is 6.78. The fraction of sp³-hybridized carbons (Fsp3) is 0.333. The highest BCUT2D eigenvalue weighted by Crippen LogP contribution is 2.33. The molecule has 1 N–H and O–H groups in total. The number of rotatable bonds is 4. The van der Waals surface area contributed by atoms with Crippen LogP contribution in [0, 0.1) is 18.3 Å². The predicted molar refractivity (Wildman–Crippen MR) is 109 cm³/mol. The van der Waals surface area contributed by atoms with Crippen molar-refractivity contribution in [1.29, 1.82) is 5.26 Å². The highest BCUT2D eigenvalue weighted by molar-refractivity contribution is 7.48. The number of halogens is 1. The quantitative estimate of drug-likeness (QED) is 0.785. The van der Waals surface area contributed by atoms with Crippen molar-refractivity contribution >= 4 is 31.4 Å². The van der Waals surface area contributed by atoms with Gasteiger partial charge in [-0.1, -0.05) is 43.9 Å². The molecule has 0 aromatic heterocycles. The van der Waals surface area contributed by atoms with E-state index in [9.17, 15) is 4.79 Å². The van der Waals surface area contributed by atoms with Gasteiger partial charge in [-0.15, -0.1) is 0 Å². The number of carbonyl (C=O) groups is 1. The summed E-state index contributed by atoms with van der Waals surface area (Å²) in [5, 5.41) is 13.9. The van der Waals surface area contributed by atoms with Gasteiger partial charge >= 0.3 is 0 Å². The molecule has 2 aromatic rings. The normalized spacial score (nSPS) is 20.0. The van der Waals surface area contributed by atoms with Gasteiger partial charge in [0.15, 0.2) is 0 Å². The lowest BCUT2D eigenvalue weighted by atomic mass is 9.94. The van der Waals surface area contributed by atoms with Gasteiger partial charge < -0.3 is 5.32 Å². The maximum absolute atomic E-state index is 12.3. The fourth-order valence-electron chi connectivity index (χ4n) is 3.29. The second kappa shape index (κ2) is 8.67. The van der Waals surface area contributed by atoms with Crippen LogP contribution in [0.15, 0.2) is 42.5 Å². The largest absolute Gasteiger partial charge is 0.349 e. The Balaban J connectivity index is 1.49. The van der Waals surface area contributed by atoms with E-state index in [1.54, 1.807) is 6.07 Å². The zero-order valence-corrected chi connectivity index (χ0v) is 16.5. The standard InChI is InChI=1S/C21H22ClN2OP/c1-14-2-4-15(5-3-14)21(25)24-17-7-10-18(11-8-17)26-19-9-6-16(13-23)20(22)12-19/h2-6,9,12,17-18,26H,7-8,10-11H2,1H3,(H,24,25). The van der Waals surface area contributed by atoms with Gasteiger partial charge in [0.2, 0.25) is 0 Å². The third-order valence-electron chi connectivity index (χ3n) is 4.84. The third kappa shape index (κ3) is 4.85. The Morgan fingerprint density at radius 3 is 2.46 bits per heavy atom. The average molecular weight is 385 g/mol. The lowest BCUT2D eigenvalue weighted by molar-refractivity contribution is 0.0928. The topological polar surface area (TPSA) is 52.9 Å². The number of nitrogens with zero attached hydrogens (tertiary/aromatic N) is 1. The van der Waals surface area contributed by atoms with Crippen LogP contribution in [0.5, 0.6) is 0 Å². The van der Waals surface area contributed by atoms with Gasteiger partial charge in [0.05, 0.1) is 10.6 Å². The minimum atomic E-state index is 0.0229. The number of nitrogens with one attached hydrogen (secondary N) is 1. The second-order valence-corrected chi connectivity index (χ2v) is 8.93. The zero-order valence-electron chi connectivity index (χ0n) is 14.8. The van der Waals surface area contributed by atoms with Crippen molar-refractivity contribution in [3.63, 3.8) is 0 Å². The molecule has 26 heavy (non-hydrogen) atoms. The van der Waals surface area contributed by atoms with Gasteiger partial charge in [0, 0.05) is 11.6 Å². The van der Waals surface area contributed by atoms with E-state index in [1.807, 2.05) is 43.3 Å². The summed E-state index contributed by atoms with van der Waals surface area (Å²) < 4.78 is 0. The molecule has 1 atom stereocenters. The van der Waals surface area contributed by atoms with Crippen molar-refractivity contribution in [2.45, 2.75) is 44.3 Å². The van der Waals surface area contributed by atoms with Crippen LogP contribution in [0.2, 0.25) is 5.02 Å². The molecule has 1 fully saturated rings. The van der Waals surface area contributed by atoms with Crippen molar-refractivity contribution in [1.82, 2.24) is 5.32 Å². The molecule has 1 aliphatic rings. The first-order valence-electron chi connectivity index (χ1n) is 8.89. The van der Waals surface area contributed by atoms with Crippen LogP contribution in [0.1, 0.15) is 47.2 Å². The summed E-state index contributed by atoms with van der Waals surface area (Å²) in [6, 6.07) is 15.8. The number of hydrogen-bond donors (Lipinski definition) is 1. The molecule has 0 heterocycles. The van der Waals surface area contributed by atoms with Gasteiger partial charge in [-0.2, -0.15) is 5.26 Å². The summed E-state index contributed by atoms with van der Waals surface area (Å²) in [5.74, 6) is 0.0229. The molecule has 1 unspecified atom stereocenters.